The molecular weight excluding hydrogens is 400 g/mol. The van der Waals surface area contributed by atoms with E-state index in [2.05, 4.69) is 0 Å². The largest absolute Gasteiger partial charge is 0.297 e. The van der Waals surface area contributed by atoms with Crippen molar-refractivity contribution < 1.29 is 25.2 Å². The number of hydrogen-bond acceptors (Lipinski definition) is 6. The molecule has 0 saturated heterocycles. The van der Waals surface area contributed by atoms with Crippen LogP contribution in [0.2, 0.25) is 0 Å². The molecule has 1 aliphatic rings. The summed E-state index contributed by atoms with van der Waals surface area (Å²) in [4.78, 5) is 0.247. The highest BCUT2D eigenvalue weighted by molar-refractivity contribution is 7.87. The molecule has 0 bridgehead atoms. The first kappa shape index (κ1) is 21.0. The molecule has 1 saturated carbocycles. The summed E-state index contributed by atoms with van der Waals surface area (Å²) in [6.07, 6.45) is 0.706. The Labute approximate surface area is 166 Å². The third kappa shape index (κ3) is 5.20. The van der Waals surface area contributed by atoms with Gasteiger partial charge in [-0.25, -0.2) is 0 Å². The topological polar surface area (TPSA) is 86.7 Å². The maximum atomic E-state index is 12.4. The van der Waals surface area contributed by atoms with E-state index in [9.17, 15) is 16.8 Å². The lowest BCUT2D eigenvalue weighted by molar-refractivity contribution is 0.0878. The summed E-state index contributed by atoms with van der Waals surface area (Å²) in [5.41, 5.74) is 1.93. The molecule has 1 fully saturated rings. The van der Waals surface area contributed by atoms with Gasteiger partial charge in [-0.3, -0.25) is 8.37 Å². The molecule has 8 heteroatoms. The Balaban J connectivity index is 1.57. The lowest BCUT2D eigenvalue weighted by atomic mass is 9.95. The Hall–Kier alpha value is -1.74. The molecule has 3 rings (SSSR count). The molecule has 0 aromatic heterocycles. The zero-order valence-electron chi connectivity index (χ0n) is 15.9. The minimum atomic E-state index is -3.84. The van der Waals surface area contributed by atoms with Crippen molar-refractivity contribution in [2.45, 2.75) is 61.5 Å². The van der Waals surface area contributed by atoms with Crippen LogP contribution in [0.5, 0.6) is 0 Å². The van der Waals surface area contributed by atoms with E-state index in [1.165, 1.54) is 24.3 Å². The minimum Gasteiger partial charge on any atom is -0.263 e. The van der Waals surface area contributed by atoms with Crippen molar-refractivity contribution >= 4 is 20.2 Å². The molecule has 6 nitrogen and oxygen atoms in total. The van der Waals surface area contributed by atoms with E-state index >= 15 is 0 Å². The fourth-order valence-electron chi connectivity index (χ4n) is 3.10. The second kappa shape index (κ2) is 8.32. The molecule has 0 N–H and O–H groups in total. The van der Waals surface area contributed by atoms with Gasteiger partial charge in [0.1, 0.15) is 0 Å². The summed E-state index contributed by atoms with van der Waals surface area (Å²) in [7, 11) is -7.67. The van der Waals surface area contributed by atoms with Gasteiger partial charge in [0.05, 0.1) is 22.0 Å². The van der Waals surface area contributed by atoms with E-state index in [0.717, 1.165) is 11.1 Å². The highest BCUT2D eigenvalue weighted by Crippen LogP contribution is 2.29. The molecule has 1 aliphatic carbocycles. The number of benzene rings is 2. The van der Waals surface area contributed by atoms with Gasteiger partial charge in [-0.1, -0.05) is 35.4 Å². The van der Waals surface area contributed by atoms with Crippen LogP contribution in [0.3, 0.4) is 0 Å². The molecule has 0 aliphatic heterocycles. The average molecular weight is 425 g/mol. The van der Waals surface area contributed by atoms with E-state index in [1.807, 2.05) is 13.8 Å². The van der Waals surface area contributed by atoms with Gasteiger partial charge in [0.15, 0.2) is 0 Å². The summed E-state index contributed by atoms with van der Waals surface area (Å²) >= 11 is 0. The van der Waals surface area contributed by atoms with Gasteiger partial charge < -0.3 is 0 Å². The van der Waals surface area contributed by atoms with Crippen LogP contribution < -0.4 is 0 Å². The second-order valence-electron chi connectivity index (χ2n) is 7.13. The SMILES string of the molecule is Cc1ccc(S(=O)(=O)OC2CCC(OS(=O)(=O)c3ccc(C)cc3)CC2)cc1. The molecule has 152 valence electrons. The molecule has 0 unspecified atom stereocenters. The second-order valence-corrected chi connectivity index (χ2v) is 10.3. The van der Waals surface area contributed by atoms with Crippen LogP contribution in [-0.2, 0) is 28.6 Å². The summed E-state index contributed by atoms with van der Waals surface area (Å²) < 4.78 is 60.2. The van der Waals surface area contributed by atoms with Crippen molar-refractivity contribution in [1.29, 1.82) is 0 Å². The summed E-state index contributed by atoms with van der Waals surface area (Å²) in [5.74, 6) is 0. The lowest BCUT2D eigenvalue weighted by Gasteiger charge is -2.27. The van der Waals surface area contributed by atoms with Gasteiger partial charge in [0, 0.05) is 0 Å². The van der Waals surface area contributed by atoms with Crippen molar-refractivity contribution in [3.63, 3.8) is 0 Å². The summed E-state index contributed by atoms with van der Waals surface area (Å²) in [6, 6.07) is 13.0. The van der Waals surface area contributed by atoms with Gasteiger partial charge >= 0.3 is 0 Å². The van der Waals surface area contributed by atoms with Crippen LogP contribution in [0.15, 0.2) is 58.3 Å². The Morgan fingerprint density at radius 1 is 0.607 bits per heavy atom. The number of hydrogen-bond donors (Lipinski definition) is 0. The predicted octanol–water partition coefficient (Wildman–Crippen LogP) is 3.73. The van der Waals surface area contributed by atoms with Crippen molar-refractivity contribution in [2.24, 2.45) is 0 Å². The molecule has 0 radical (unpaired) electrons. The fourth-order valence-corrected chi connectivity index (χ4v) is 5.37. The Morgan fingerprint density at radius 3 is 1.18 bits per heavy atom. The van der Waals surface area contributed by atoms with Crippen molar-refractivity contribution in [1.82, 2.24) is 0 Å². The van der Waals surface area contributed by atoms with E-state index in [0.29, 0.717) is 25.7 Å². The van der Waals surface area contributed by atoms with Crippen LogP contribution in [-0.4, -0.2) is 29.0 Å². The average Bonchev–Trinajstić information content (AvgIpc) is 2.64. The van der Waals surface area contributed by atoms with Gasteiger partial charge in [-0.2, -0.15) is 16.8 Å². The first-order valence-electron chi connectivity index (χ1n) is 9.16. The molecule has 0 heterocycles. The van der Waals surface area contributed by atoms with E-state index < -0.39 is 32.4 Å². The standard InChI is InChI=1S/C20H24O6S2/c1-15-3-11-19(12-4-15)27(21,22)25-17-7-9-18(10-8-17)26-28(23,24)20-13-5-16(2)6-14-20/h3-6,11-14,17-18H,7-10H2,1-2H3. The highest BCUT2D eigenvalue weighted by Gasteiger charge is 2.30. The Kier molecular flexibility index (Phi) is 6.24. The molecule has 0 amide bonds. The molecule has 2 aromatic rings. The lowest BCUT2D eigenvalue weighted by Crippen LogP contribution is -2.29. The van der Waals surface area contributed by atoms with Gasteiger partial charge in [-0.05, 0) is 63.8 Å². The quantitative estimate of drug-likeness (QED) is 0.657. The third-order valence-electron chi connectivity index (χ3n) is 4.77. The molecule has 0 atom stereocenters. The van der Waals surface area contributed by atoms with Crippen LogP contribution >= 0.6 is 0 Å². The third-order valence-corrected chi connectivity index (χ3v) is 7.52. The maximum absolute atomic E-state index is 12.4. The monoisotopic (exact) mass is 424 g/mol. The smallest absolute Gasteiger partial charge is 0.263 e. The van der Waals surface area contributed by atoms with Gasteiger partial charge in [0.2, 0.25) is 0 Å². The number of rotatable bonds is 6. The van der Waals surface area contributed by atoms with E-state index in [-0.39, 0.29) is 9.79 Å². The van der Waals surface area contributed by atoms with E-state index in [4.69, 9.17) is 8.37 Å². The zero-order chi connectivity index (χ0) is 20.4. The Bertz CT molecular complexity index is 916. The first-order valence-corrected chi connectivity index (χ1v) is 12.0. The van der Waals surface area contributed by atoms with Crippen LogP contribution in [0.1, 0.15) is 36.8 Å². The van der Waals surface area contributed by atoms with Gasteiger partial charge in [0.25, 0.3) is 20.2 Å². The van der Waals surface area contributed by atoms with Crippen LogP contribution in [0.4, 0.5) is 0 Å². The highest BCUT2D eigenvalue weighted by atomic mass is 32.2. The normalized spacial score (nSPS) is 20.8. The predicted molar refractivity (Wildman–Crippen MR) is 105 cm³/mol. The number of aryl methyl sites for hydroxylation is 2. The maximum Gasteiger partial charge on any atom is 0.297 e. The minimum absolute atomic E-state index is 0.124. The zero-order valence-corrected chi connectivity index (χ0v) is 17.5. The Morgan fingerprint density at radius 2 is 0.893 bits per heavy atom. The van der Waals surface area contributed by atoms with E-state index in [1.54, 1.807) is 24.3 Å². The van der Waals surface area contributed by atoms with Crippen LogP contribution in [0.25, 0.3) is 0 Å². The van der Waals surface area contributed by atoms with Crippen molar-refractivity contribution in [3.05, 3.63) is 59.7 Å². The molecule has 2 aromatic carbocycles. The molecule has 0 spiro atoms. The van der Waals surface area contributed by atoms with Crippen molar-refractivity contribution in [3.8, 4) is 0 Å². The van der Waals surface area contributed by atoms with Crippen molar-refractivity contribution in [2.75, 3.05) is 0 Å². The first-order chi connectivity index (χ1) is 13.2. The van der Waals surface area contributed by atoms with Gasteiger partial charge in [-0.15, -0.1) is 0 Å². The van der Waals surface area contributed by atoms with Crippen LogP contribution in [0, 0.1) is 13.8 Å². The fraction of sp³-hybridized carbons (Fsp3) is 0.400. The summed E-state index contributed by atoms with van der Waals surface area (Å²) in [5, 5.41) is 0. The molecular formula is C20H24O6S2. The molecule has 28 heavy (non-hydrogen) atoms. The summed E-state index contributed by atoms with van der Waals surface area (Å²) in [6.45, 7) is 3.76.